The average Bonchev–Trinajstić information content (AvgIpc) is 3.07. The summed E-state index contributed by atoms with van der Waals surface area (Å²) in [6.45, 7) is 0.699. The van der Waals surface area contributed by atoms with Gasteiger partial charge in [0.2, 0.25) is 0 Å². The van der Waals surface area contributed by atoms with Crippen molar-refractivity contribution >= 4 is 23.2 Å². The lowest BCUT2D eigenvalue weighted by Gasteiger charge is -2.20. The van der Waals surface area contributed by atoms with E-state index in [0.717, 1.165) is 12.0 Å². The number of nitrogens with zero attached hydrogens (tertiary/aromatic N) is 3. The standard InChI is InChI=1S/C17H15Cl2N3O/c18-14-6-7-17(15(19)10-14)23-16(13-4-2-1-3-5-13)8-9-22-12-20-11-21-22/h1-7,10-12,16H,8-9H2/t16-/m1/s1. The summed E-state index contributed by atoms with van der Waals surface area (Å²) in [5.74, 6) is 0.614. The first kappa shape index (κ1) is 15.8. The second-order valence-electron chi connectivity index (χ2n) is 5.04. The number of aryl methyl sites for hydroxylation is 1. The number of aromatic nitrogens is 3. The van der Waals surface area contributed by atoms with E-state index in [-0.39, 0.29) is 6.10 Å². The van der Waals surface area contributed by atoms with Gasteiger partial charge in [0.15, 0.2) is 0 Å². The molecule has 0 saturated heterocycles. The average molecular weight is 348 g/mol. The SMILES string of the molecule is Clc1ccc(O[C@H](CCn2cncn2)c2ccccc2)c(Cl)c1. The molecular formula is C17H15Cl2N3O. The summed E-state index contributed by atoms with van der Waals surface area (Å²) in [4.78, 5) is 3.96. The van der Waals surface area contributed by atoms with Crippen LogP contribution in [0.15, 0.2) is 61.2 Å². The molecule has 0 radical (unpaired) electrons. The Bertz CT molecular complexity index is 748. The molecule has 1 heterocycles. The highest BCUT2D eigenvalue weighted by Gasteiger charge is 2.15. The van der Waals surface area contributed by atoms with E-state index in [1.165, 1.54) is 6.33 Å². The topological polar surface area (TPSA) is 39.9 Å². The van der Waals surface area contributed by atoms with Gasteiger partial charge in [-0.15, -0.1) is 0 Å². The zero-order valence-electron chi connectivity index (χ0n) is 12.3. The molecular weight excluding hydrogens is 333 g/mol. The van der Waals surface area contributed by atoms with Crippen molar-refractivity contribution in [3.63, 3.8) is 0 Å². The minimum atomic E-state index is -0.140. The molecule has 0 aliphatic rings. The van der Waals surface area contributed by atoms with Gasteiger partial charge in [-0.1, -0.05) is 53.5 Å². The van der Waals surface area contributed by atoms with E-state index >= 15 is 0 Å². The molecule has 0 aliphatic carbocycles. The van der Waals surface area contributed by atoms with E-state index in [1.807, 2.05) is 30.3 Å². The number of ether oxygens (including phenoxy) is 1. The third kappa shape index (κ3) is 4.24. The van der Waals surface area contributed by atoms with Gasteiger partial charge in [0.05, 0.1) is 5.02 Å². The maximum Gasteiger partial charge on any atom is 0.138 e. The Balaban J connectivity index is 1.79. The van der Waals surface area contributed by atoms with E-state index in [0.29, 0.717) is 22.3 Å². The molecule has 0 aliphatic heterocycles. The molecule has 3 aromatic rings. The van der Waals surface area contributed by atoms with Crippen molar-refractivity contribution < 1.29 is 4.74 Å². The van der Waals surface area contributed by atoms with Crippen molar-refractivity contribution in [2.75, 3.05) is 0 Å². The lowest BCUT2D eigenvalue weighted by atomic mass is 10.1. The van der Waals surface area contributed by atoms with Crippen LogP contribution in [0.1, 0.15) is 18.1 Å². The molecule has 0 amide bonds. The molecule has 0 bridgehead atoms. The van der Waals surface area contributed by atoms with Crippen LogP contribution in [0.3, 0.4) is 0 Å². The van der Waals surface area contributed by atoms with Gasteiger partial charge in [0.25, 0.3) is 0 Å². The van der Waals surface area contributed by atoms with Gasteiger partial charge < -0.3 is 4.74 Å². The Labute approximate surface area is 144 Å². The highest BCUT2D eigenvalue weighted by Crippen LogP contribution is 2.32. The van der Waals surface area contributed by atoms with Crippen molar-refractivity contribution in [1.82, 2.24) is 14.8 Å². The molecule has 0 unspecified atom stereocenters. The molecule has 0 saturated carbocycles. The van der Waals surface area contributed by atoms with Crippen LogP contribution in [-0.2, 0) is 6.54 Å². The zero-order chi connectivity index (χ0) is 16.1. The highest BCUT2D eigenvalue weighted by molar-refractivity contribution is 6.35. The minimum absolute atomic E-state index is 0.140. The number of rotatable bonds is 6. The van der Waals surface area contributed by atoms with Crippen LogP contribution in [0, 0.1) is 0 Å². The van der Waals surface area contributed by atoms with E-state index in [1.54, 1.807) is 29.2 Å². The molecule has 23 heavy (non-hydrogen) atoms. The van der Waals surface area contributed by atoms with Crippen LogP contribution in [-0.4, -0.2) is 14.8 Å². The van der Waals surface area contributed by atoms with Crippen molar-refractivity contribution in [1.29, 1.82) is 0 Å². The monoisotopic (exact) mass is 347 g/mol. The fourth-order valence-electron chi connectivity index (χ4n) is 2.28. The van der Waals surface area contributed by atoms with Crippen LogP contribution in [0.4, 0.5) is 0 Å². The van der Waals surface area contributed by atoms with Crippen LogP contribution in [0.5, 0.6) is 5.75 Å². The number of hydrogen-bond acceptors (Lipinski definition) is 3. The maximum atomic E-state index is 6.22. The lowest BCUT2D eigenvalue weighted by molar-refractivity contribution is 0.186. The third-order valence-electron chi connectivity index (χ3n) is 3.42. The van der Waals surface area contributed by atoms with Crippen molar-refractivity contribution in [2.45, 2.75) is 19.1 Å². The first-order valence-corrected chi connectivity index (χ1v) is 7.97. The fraction of sp³-hybridized carbons (Fsp3) is 0.176. The van der Waals surface area contributed by atoms with Gasteiger partial charge in [0.1, 0.15) is 24.5 Å². The van der Waals surface area contributed by atoms with Crippen LogP contribution in [0.2, 0.25) is 10.0 Å². The number of benzene rings is 2. The lowest BCUT2D eigenvalue weighted by Crippen LogP contribution is -2.12. The van der Waals surface area contributed by atoms with Crippen molar-refractivity contribution in [3.8, 4) is 5.75 Å². The Morgan fingerprint density at radius 3 is 2.61 bits per heavy atom. The second kappa shape index (κ2) is 7.49. The van der Waals surface area contributed by atoms with Gasteiger partial charge in [-0.05, 0) is 23.8 Å². The maximum absolute atomic E-state index is 6.22. The molecule has 0 fully saturated rings. The molecule has 1 aromatic heterocycles. The molecule has 6 heteroatoms. The molecule has 0 N–H and O–H groups in total. The van der Waals surface area contributed by atoms with Gasteiger partial charge in [-0.3, -0.25) is 4.68 Å². The first-order chi connectivity index (χ1) is 11.2. The Kier molecular flexibility index (Phi) is 5.16. The molecule has 3 rings (SSSR count). The van der Waals surface area contributed by atoms with Gasteiger partial charge >= 0.3 is 0 Å². The summed E-state index contributed by atoms with van der Waals surface area (Å²) in [6.07, 6.45) is 3.82. The van der Waals surface area contributed by atoms with Crippen LogP contribution < -0.4 is 4.74 Å². The highest BCUT2D eigenvalue weighted by atomic mass is 35.5. The second-order valence-corrected chi connectivity index (χ2v) is 5.88. The predicted molar refractivity (Wildman–Crippen MR) is 90.9 cm³/mol. The summed E-state index contributed by atoms with van der Waals surface area (Å²) >= 11 is 12.2. The zero-order valence-corrected chi connectivity index (χ0v) is 13.8. The number of hydrogen-bond donors (Lipinski definition) is 0. The summed E-state index contributed by atoms with van der Waals surface area (Å²) < 4.78 is 7.91. The first-order valence-electron chi connectivity index (χ1n) is 7.21. The largest absolute Gasteiger partial charge is 0.484 e. The summed E-state index contributed by atoms with van der Waals surface area (Å²) in [5.41, 5.74) is 1.08. The summed E-state index contributed by atoms with van der Waals surface area (Å²) in [6, 6.07) is 15.3. The van der Waals surface area contributed by atoms with E-state index in [9.17, 15) is 0 Å². The molecule has 1 atom stereocenters. The smallest absolute Gasteiger partial charge is 0.138 e. The van der Waals surface area contributed by atoms with Crippen LogP contribution in [0.25, 0.3) is 0 Å². The normalized spacial score (nSPS) is 12.1. The van der Waals surface area contributed by atoms with Crippen molar-refractivity contribution in [3.05, 3.63) is 76.8 Å². The van der Waals surface area contributed by atoms with Gasteiger partial charge in [-0.2, -0.15) is 5.10 Å². The molecule has 2 aromatic carbocycles. The molecule has 118 valence electrons. The fourth-order valence-corrected chi connectivity index (χ4v) is 2.74. The van der Waals surface area contributed by atoms with Gasteiger partial charge in [-0.25, -0.2) is 4.98 Å². The van der Waals surface area contributed by atoms with Crippen molar-refractivity contribution in [2.24, 2.45) is 0 Å². The quantitative estimate of drug-likeness (QED) is 0.643. The van der Waals surface area contributed by atoms with Gasteiger partial charge in [0, 0.05) is 18.0 Å². The summed E-state index contributed by atoms with van der Waals surface area (Å²) in [7, 11) is 0. The van der Waals surface area contributed by atoms with E-state index in [4.69, 9.17) is 27.9 Å². The Morgan fingerprint density at radius 2 is 1.91 bits per heavy atom. The van der Waals surface area contributed by atoms with Crippen LogP contribution >= 0.6 is 23.2 Å². The molecule has 4 nitrogen and oxygen atoms in total. The summed E-state index contributed by atoms with van der Waals surface area (Å²) in [5, 5.41) is 5.21. The van der Waals surface area contributed by atoms with E-state index < -0.39 is 0 Å². The number of halogens is 2. The third-order valence-corrected chi connectivity index (χ3v) is 3.95. The Morgan fingerprint density at radius 1 is 1.09 bits per heavy atom. The minimum Gasteiger partial charge on any atom is -0.484 e. The Hall–Kier alpha value is -2.04. The predicted octanol–water partition coefficient (Wildman–Crippen LogP) is 4.80. The van der Waals surface area contributed by atoms with E-state index in [2.05, 4.69) is 10.1 Å². The molecule has 0 spiro atoms.